The Kier molecular flexibility index (Phi) is 3.36. The van der Waals surface area contributed by atoms with Gasteiger partial charge >= 0.3 is 0 Å². The van der Waals surface area contributed by atoms with Crippen molar-refractivity contribution in [3.63, 3.8) is 0 Å². The van der Waals surface area contributed by atoms with Crippen molar-refractivity contribution in [3.05, 3.63) is 0 Å². The van der Waals surface area contributed by atoms with Crippen LogP contribution in [0.1, 0.15) is 39.5 Å². The smallest absolute Gasteiger partial charge is 0.0623 e. The highest BCUT2D eigenvalue weighted by Gasteiger charge is 2.42. The summed E-state index contributed by atoms with van der Waals surface area (Å²) in [5, 5.41) is 3.28. The summed E-state index contributed by atoms with van der Waals surface area (Å²) in [5.74, 6) is 0. The van der Waals surface area contributed by atoms with Crippen molar-refractivity contribution >= 4 is 0 Å². The van der Waals surface area contributed by atoms with Crippen molar-refractivity contribution in [1.29, 1.82) is 0 Å². The van der Waals surface area contributed by atoms with Gasteiger partial charge in [0.15, 0.2) is 0 Å². The van der Waals surface area contributed by atoms with E-state index in [1.165, 1.54) is 32.2 Å². The minimum atomic E-state index is 0.0589. The fourth-order valence-electron chi connectivity index (χ4n) is 1.74. The zero-order chi connectivity index (χ0) is 9.95. The van der Waals surface area contributed by atoms with Crippen LogP contribution in [-0.4, -0.2) is 26.3 Å². The van der Waals surface area contributed by atoms with Crippen LogP contribution in [0, 0.1) is 5.41 Å². The second-order valence-corrected chi connectivity index (χ2v) is 4.99. The van der Waals surface area contributed by atoms with Gasteiger partial charge in [0, 0.05) is 13.7 Å². The largest absolute Gasteiger partial charge is 0.379 e. The first-order valence-corrected chi connectivity index (χ1v) is 5.23. The first kappa shape index (κ1) is 11.0. The number of rotatable bonds is 6. The van der Waals surface area contributed by atoms with Gasteiger partial charge in [-0.05, 0) is 52.0 Å². The third-order valence-corrected chi connectivity index (χ3v) is 3.32. The molecule has 0 saturated heterocycles. The van der Waals surface area contributed by atoms with E-state index in [9.17, 15) is 0 Å². The van der Waals surface area contributed by atoms with Gasteiger partial charge in [-0.3, -0.25) is 0 Å². The molecule has 0 aromatic carbocycles. The van der Waals surface area contributed by atoms with Crippen LogP contribution in [0.5, 0.6) is 0 Å². The topological polar surface area (TPSA) is 21.3 Å². The predicted octanol–water partition coefficient (Wildman–Crippen LogP) is 2.19. The standard InChI is InChI=1S/C11H23NO/c1-10(2,13-4)5-6-11(7-8-11)9-12-3/h12H,5-9H2,1-4H3. The first-order valence-electron chi connectivity index (χ1n) is 5.23. The Labute approximate surface area is 82.0 Å². The van der Waals surface area contributed by atoms with Crippen molar-refractivity contribution in [3.8, 4) is 0 Å². The molecule has 0 aromatic heterocycles. The van der Waals surface area contributed by atoms with Gasteiger partial charge < -0.3 is 10.1 Å². The van der Waals surface area contributed by atoms with E-state index in [1.807, 2.05) is 7.05 Å². The number of hydrogen-bond acceptors (Lipinski definition) is 2. The number of hydrogen-bond donors (Lipinski definition) is 1. The quantitative estimate of drug-likeness (QED) is 0.685. The van der Waals surface area contributed by atoms with Gasteiger partial charge in [0.1, 0.15) is 0 Å². The molecule has 0 amide bonds. The molecule has 1 aliphatic carbocycles. The molecular formula is C11H23NO. The molecule has 78 valence electrons. The van der Waals surface area contributed by atoms with Gasteiger partial charge in [-0.25, -0.2) is 0 Å². The van der Waals surface area contributed by atoms with Gasteiger partial charge in [0.25, 0.3) is 0 Å². The highest BCUT2D eigenvalue weighted by atomic mass is 16.5. The van der Waals surface area contributed by atoms with Crippen molar-refractivity contribution in [2.75, 3.05) is 20.7 Å². The number of ether oxygens (including phenoxy) is 1. The van der Waals surface area contributed by atoms with Crippen molar-refractivity contribution < 1.29 is 4.74 Å². The average Bonchev–Trinajstić information content (AvgIpc) is 2.84. The number of nitrogens with one attached hydrogen (secondary N) is 1. The SMILES string of the molecule is CNCC1(CCC(C)(C)OC)CC1. The Morgan fingerprint density at radius 3 is 2.38 bits per heavy atom. The molecule has 1 rings (SSSR count). The van der Waals surface area contributed by atoms with E-state index in [0.717, 1.165) is 0 Å². The van der Waals surface area contributed by atoms with Crippen LogP contribution in [0.3, 0.4) is 0 Å². The molecule has 13 heavy (non-hydrogen) atoms. The molecule has 0 unspecified atom stereocenters. The molecule has 0 radical (unpaired) electrons. The minimum Gasteiger partial charge on any atom is -0.379 e. The summed E-state index contributed by atoms with van der Waals surface area (Å²) >= 11 is 0. The van der Waals surface area contributed by atoms with Crippen LogP contribution in [0.15, 0.2) is 0 Å². The fraction of sp³-hybridized carbons (Fsp3) is 1.00. The molecule has 0 atom stereocenters. The predicted molar refractivity (Wildman–Crippen MR) is 55.9 cm³/mol. The van der Waals surface area contributed by atoms with Crippen molar-refractivity contribution in [1.82, 2.24) is 5.32 Å². The third-order valence-electron chi connectivity index (χ3n) is 3.32. The summed E-state index contributed by atoms with van der Waals surface area (Å²) in [6.45, 7) is 5.51. The van der Waals surface area contributed by atoms with Gasteiger partial charge in [-0.1, -0.05) is 0 Å². The van der Waals surface area contributed by atoms with Crippen LogP contribution >= 0.6 is 0 Å². The van der Waals surface area contributed by atoms with E-state index in [-0.39, 0.29) is 5.60 Å². The monoisotopic (exact) mass is 185 g/mol. The van der Waals surface area contributed by atoms with Crippen molar-refractivity contribution in [2.24, 2.45) is 5.41 Å². The highest BCUT2D eigenvalue weighted by Crippen LogP contribution is 2.49. The molecule has 0 aliphatic heterocycles. The summed E-state index contributed by atoms with van der Waals surface area (Å²) < 4.78 is 5.42. The summed E-state index contributed by atoms with van der Waals surface area (Å²) in [5.41, 5.74) is 0.674. The van der Waals surface area contributed by atoms with E-state index in [4.69, 9.17) is 4.74 Å². The van der Waals surface area contributed by atoms with Crippen LogP contribution in [0.4, 0.5) is 0 Å². The molecule has 1 N–H and O–H groups in total. The molecule has 0 aromatic rings. The lowest BCUT2D eigenvalue weighted by Gasteiger charge is -2.25. The average molecular weight is 185 g/mol. The molecule has 0 bridgehead atoms. The first-order chi connectivity index (χ1) is 6.04. The molecule has 1 saturated carbocycles. The third kappa shape index (κ3) is 3.28. The molecule has 0 heterocycles. The molecule has 1 fully saturated rings. The zero-order valence-electron chi connectivity index (χ0n) is 9.44. The fourth-order valence-corrected chi connectivity index (χ4v) is 1.74. The second-order valence-electron chi connectivity index (χ2n) is 4.99. The van der Waals surface area contributed by atoms with Gasteiger partial charge in [-0.15, -0.1) is 0 Å². The van der Waals surface area contributed by atoms with E-state index in [1.54, 1.807) is 7.11 Å². The Balaban J connectivity index is 2.25. The zero-order valence-corrected chi connectivity index (χ0v) is 9.44. The van der Waals surface area contributed by atoms with Crippen LogP contribution < -0.4 is 5.32 Å². The molecular weight excluding hydrogens is 162 g/mol. The summed E-state index contributed by atoms with van der Waals surface area (Å²) in [4.78, 5) is 0. The summed E-state index contributed by atoms with van der Waals surface area (Å²) in [6, 6.07) is 0. The van der Waals surface area contributed by atoms with Crippen molar-refractivity contribution in [2.45, 2.75) is 45.1 Å². The Morgan fingerprint density at radius 1 is 1.38 bits per heavy atom. The lowest BCUT2D eigenvalue weighted by Crippen LogP contribution is -2.27. The highest BCUT2D eigenvalue weighted by molar-refractivity contribution is 4.95. The summed E-state index contributed by atoms with van der Waals surface area (Å²) in [6.07, 6.45) is 5.27. The van der Waals surface area contributed by atoms with E-state index in [2.05, 4.69) is 19.2 Å². The second kappa shape index (κ2) is 3.97. The van der Waals surface area contributed by atoms with E-state index >= 15 is 0 Å². The van der Waals surface area contributed by atoms with Gasteiger partial charge in [0.2, 0.25) is 0 Å². The normalized spacial score (nSPS) is 20.3. The lowest BCUT2D eigenvalue weighted by molar-refractivity contribution is 0.00932. The van der Waals surface area contributed by atoms with Gasteiger partial charge in [-0.2, -0.15) is 0 Å². The van der Waals surface area contributed by atoms with Crippen LogP contribution in [0.25, 0.3) is 0 Å². The van der Waals surface area contributed by atoms with Gasteiger partial charge in [0.05, 0.1) is 5.60 Å². The minimum absolute atomic E-state index is 0.0589. The maximum absolute atomic E-state index is 5.42. The summed E-state index contributed by atoms with van der Waals surface area (Å²) in [7, 11) is 3.85. The molecule has 2 heteroatoms. The molecule has 0 spiro atoms. The number of methoxy groups -OCH3 is 1. The Hall–Kier alpha value is -0.0800. The van der Waals surface area contributed by atoms with E-state index < -0.39 is 0 Å². The Morgan fingerprint density at radius 2 is 2.00 bits per heavy atom. The molecule has 1 aliphatic rings. The lowest BCUT2D eigenvalue weighted by atomic mass is 9.92. The van der Waals surface area contributed by atoms with Crippen LogP contribution in [-0.2, 0) is 4.74 Å². The van der Waals surface area contributed by atoms with Crippen LogP contribution in [0.2, 0.25) is 0 Å². The maximum atomic E-state index is 5.42. The Bertz CT molecular complexity index is 161. The molecule has 2 nitrogen and oxygen atoms in total. The van der Waals surface area contributed by atoms with E-state index in [0.29, 0.717) is 5.41 Å². The maximum Gasteiger partial charge on any atom is 0.0623 e.